The van der Waals surface area contributed by atoms with Gasteiger partial charge in [0, 0.05) is 10.7 Å². The largest absolute Gasteiger partial charge is 0.452 e. The Morgan fingerprint density at radius 1 is 1.00 bits per heavy atom. The standard InChI is InChI=1S/C19H20ClNO3/c1-3-13-6-5-7-14(4-2)18(13)21-17(22)12-24-19(23)15-8-10-16(20)11-9-15/h5-11H,3-4,12H2,1-2H3,(H,21,22). The van der Waals surface area contributed by atoms with Gasteiger partial charge in [-0.3, -0.25) is 4.79 Å². The summed E-state index contributed by atoms with van der Waals surface area (Å²) in [6, 6.07) is 12.3. The van der Waals surface area contributed by atoms with Crippen LogP contribution in [0.15, 0.2) is 42.5 Å². The van der Waals surface area contributed by atoms with Gasteiger partial charge in [0.1, 0.15) is 0 Å². The molecule has 0 atom stereocenters. The first-order valence-electron chi connectivity index (χ1n) is 7.88. The number of rotatable bonds is 6. The lowest BCUT2D eigenvalue weighted by Crippen LogP contribution is -2.22. The first kappa shape index (κ1) is 18.0. The van der Waals surface area contributed by atoms with Crippen molar-refractivity contribution in [3.63, 3.8) is 0 Å². The van der Waals surface area contributed by atoms with E-state index in [2.05, 4.69) is 5.32 Å². The van der Waals surface area contributed by atoms with E-state index in [0.717, 1.165) is 29.7 Å². The van der Waals surface area contributed by atoms with Crippen molar-refractivity contribution in [2.24, 2.45) is 0 Å². The minimum absolute atomic E-state index is 0.331. The normalized spacial score (nSPS) is 10.3. The van der Waals surface area contributed by atoms with Crippen molar-refractivity contribution < 1.29 is 14.3 Å². The molecule has 1 N–H and O–H groups in total. The van der Waals surface area contributed by atoms with Gasteiger partial charge in [-0.2, -0.15) is 0 Å². The van der Waals surface area contributed by atoms with Crippen LogP contribution in [-0.2, 0) is 22.4 Å². The lowest BCUT2D eigenvalue weighted by Gasteiger charge is -2.14. The monoisotopic (exact) mass is 345 g/mol. The van der Waals surface area contributed by atoms with E-state index in [-0.39, 0.29) is 12.5 Å². The van der Waals surface area contributed by atoms with Crippen molar-refractivity contribution in [1.29, 1.82) is 0 Å². The lowest BCUT2D eigenvalue weighted by molar-refractivity contribution is -0.119. The van der Waals surface area contributed by atoms with Gasteiger partial charge in [-0.25, -0.2) is 4.79 Å². The third-order valence-corrected chi connectivity index (χ3v) is 3.93. The smallest absolute Gasteiger partial charge is 0.338 e. The summed E-state index contributed by atoms with van der Waals surface area (Å²) in [5, 5.41) is 3.39. The van der Waals surface area contributed by atoms with E-state index in [9.17, 15) is 9.59 Å². The summed E-state index contributed by atoms with van der Waals surface area (Å²) in [4.78, 5) is 24.0. The summed E-state index contributed by atoms with van der Waals surface area (Å²) >= 11 is 5.77. The number of carbonyl (C=O) groups excluding carboxylic acids is 2. The SMILES string of the molecule is CCc1cccc(CC)c1NC(=O)COC(=O)c1ccc(Cl)cc1. The Balaban J connectivity index is 1.99. The second kappa shape index (κ2) is 8.50. The predicted octanol–water partition coefficient (Wildman–Crippen LogP) is 4.26. The van der Waals surface area contributed by atoms with E-state index in [0.29, 0.717) is 10.6 Å². The van der Waals surface area contributed by atoms with Gasteiger partial charge in [0.25, 0.3) is 5.91 Å². The van der Waals surface area contributed by atoms with Gasteiger partial charge in [-0.15, -0.1) is 0 Å². The summed E-state index contributed by atoms with van der Waals surface area (Å²) in [6.45, 7) is 3.73. The van der Waals surface area contributed by atoms with Crippen molar-refractivity contribution >= 4 is 29.2 Å². The van der Waals surface area contributed by atoms with Gasteiger partial charge >= 0.3 is 5.97 Å². The highest BCUT2D eigenvalue weighted by molar-refractivity contribution is 6.30. The Morgan fingerprint density at radius 2 is 1.58 bits per heavy atom. The summed E-state index contributed by atoms with van der Waals surface area (Å²) < 4.78 is 5.05. The van der Waals surface area contributed by atoms with Crippen LogP contribution in [0.25, 0.3) is 0 Å². The molecule has 4 nitrogen and oxygen atoms in total. The molecular weight excluding hydrogens is 326 g/mol. The number of hydrogen-bond acceptors (Lipinski definition) is 3. The zero-order valence-corrected chi connectivity index (χ0v) is 14.5. The van der Waals surface area contributed by atoms with Crippen molar-refractivity contribution in [2.75, 3.05) is 11.9 Å². The third-order valence-electron chi connectivity index (χ3n) is 3.68. The predicted molar refractivity (Wildman–Crippen MR) is 95.6 cm³/mol. The number of halogens is 1. The number of anilines is 1. The molecular formula is C19H20ClNO3. The Bertz CT molecular complexity index is 704. The van der Waals surface area contributed by atoms with E-state index < -0.39 is 5.97 Å². The molecule has 0 unspecified atom stereocenters. The quantitative estimate of drug-likeness (QED) is 0.796. The molecule has 0 radical (unpaired) electrons. The first-order chi connectivity index (χ1) is 11.5. The fourth-order valence-corrected chi connectivity index (χ4v) is 2.51. The second-order valence-corrected chi connectivity index (χ2v) is 5.73. The van der Waals surface area contributed by atoms with Crippen LogP contribution in [-0.4, -0.2) is 18.5 Å². The molecule has 1 amide bonds. The first-order valence-corrected chi connectivity index (χ1v) is 8.26. The second-order valence-electron chi connectivity index (χ2n) is 5.29. The highest BCUT2D eigenvalue weighted by Gasteiger charge is 2.13. The van der Waals surface area contributed by atoms with Crippen LogP contribution in [0.4, 0.5) is 5.69 Å². The van der Waals surface area contributed by atoms with E-state index in [1.165, 1.54) is 0 Å². The van der Waals surface area contributed by atoms with E-state index >= 15 is 0 Å². The molecule has 0 bridgehead atoms. The molecule has 2 aromatic rings. The summed E-state index contributed by atoms with van der Waals surface area (Å²) in [6.07, 6.45) is 1.63. The molecule has 0 aromatic heterocycles. The molecule has 126 valence electrons. The number of ether oxygens (including phenoxy) is 1. The Hall–Kier alpha value is -2.33. The fraction of sp³-hybridized carbons (Fsp3) is 0.263. The number of esters is 1. The van der Waals surface area contributed by atoms with Crippen LogP contribution in [0.5, 0.6) is 0 Å². The number of hydrogen-bond donors (Lipinski definition) is 1. The number of nitrogens with one attached hydrogen (secondary N) is 1. The van der Waals surface area contributed by atoms with Crippen LogP contribution < -0.4 is 5.32 Å². The van der Waals surface area contributed by atoms with Crippen molar-refractivity contribution in [3.8, 4) is 0 Å². The molecule has 0 spiro atoms. The van der Waals surface area contributed by atoms with Gasteiger partial charge in [0.05, 0.1) is 5.56 Å². The molecule has 0 heterocycles. The fourth-order valence-electron chi connectivity index (χ4n) is 2.38. The van der Waals surface area contributed by atoms with Crippen LogP contribution in [0.3, 0.4) is 0 Å². The Morgan fingerprint density at radius 3 is 2.12 bits per heavy atom. The minimum atomic E-state index is -0.554. The summed E-state index contributed by atoms with van der Waals surface area (Å²) in [5.41, 5.74) is 3.30. The number of carbonyl (C=O) groups is 2. The van der Waals surface area contributed by atoms with Crippen LogP contribution in [0.1, 0.15) is 35.3 Å². The molecule has 0 aliphatic rings. The van der Waals surface area contributed by atoms with Crippen molar-refractivity contribution in [2.45, 2.75) is 26.7 Å². The maximum Gasteiger partial charge on any atom is 0.338 e. The summed E-state index contributed by atoms with van der Waals surface area (Å²) in [7, 11) is 0. The van der Waals surface area contributed by atoms with Crippen LogP contribution in [0.2, 0.25) is 5.02 Å². The zero-order chi connectivity index (χ0) is 17.5. The Labute approximate surface area is 146 Å². The molecule has 5 heteroatoms. The molecule has 0 saturated heterocycles. The number of para-hydroxylation sites is 1. The number of benzene rings is 2. The van der Waals surface area contributed by atoms with Gasteiger partial charge < -0.3 is 10.1 Å². The molecule has 2 aromatic carbocycles. The topological polar surface area (TPSA) is 55.4 Å². The molecule has 0 aliphatic carbocycles. The maximum absolute atomic E-state index is 12.1. The average molecular weight is 346 g/mol. The Kier molecular flexibility index (Phi) is 6.38. The van der Waals surface area contributed by atoms with E-state index in [1.807, 2.05) is 32.0 Å². The highest BCUT2D eigenvalue weighted by atomic mass is 35.5. The van der Waals surface area contributed by atoms with Gasteiger partial charge in [-0.1, -0.05) is 43.6 Å². The lowest BCUT2D eigenvalue weighted by atomic mass is 10.0. The van der Waals surface area contributed by atoms with Gasteiger partial charge in [0.15, 0.2) is 6.61 Å². The zero-order valence-electron chi connectivity index (χ0n) is 13.8. The molecule has 0 fully saturated rings. The average Bonchev–Trinajstić information content (AvgIpc) is 2.60. The van der Waals surface area contributed by atoms with E-state index in [1.54, 1.807) is 24.3 Å². The summed E-state index contributed by atoms with van der Waals surface area (Å²) in [5.74, 6) is -0.908. The molecule has 2 rings (SSSR count). The number of aryl methyl sites for hydroxylation is 2. The van der Waals surface area contributed by atoms with Gasteiger partial charge in [-0.05, 0) is 48.2 Å². The minimum Gasteiger partial charge on any atom is -0.452 e. The molecule has 0 saturated carbocycles. The van der Waals surface area contributed by atoms with Gasteiger partial charge in [0.2, 0.25) is 0 Å². The molecule has 0 aliphatic heterocycles. The van der Waals surface area contributed by atoms with Crippen LogP contribution in [0, 0.1) is 0 Å². The highest BCUT2D eigenvalue weighted by Crippen LogP contribution is 2.22. The number of amides is 1. The van der Waals surface area contributed by atoms with Crippen molar-refractivity contribution in [3.05, 3.63) is 64.2 Å². The van der Waals surface area contributed by atoms with Crippen LogP contribution >= 0.6 is 11.6 Å². The maximum atomic E-state index is 12.1. The van der Waals surface area contributed by atoms with Crippen molar-refractivity contribution in [1.82, 2.24) is 0 Å². The molecule has 24 heavy (non-hydrogen) atoms. The third kappa shape index (κ3) is 4.59. The van der Waals surface area contributed by atoms with E-state index in [4.69, 9.17) is 16.3 Å².